The zero-order chi connectivity index (χ0) is 10.8. The van der Waals surface area contributed by atoms with Gasteiger partial charge in [-0.2, -0.15) is 0 Å². The van der Waals surface area contributed by atoms with Crippen molar-refractivity contribution in [3.63, 3.8) is 0 Å². The van der Waals surface area contributed by atoms with Crippen LogP contribution in [-0.2, 0) is 0 Å². The van der Waals surface area contributed by atoms with Crippen molar-refractivity contribution in [1.29, 1.82) is 0 Å². The molecular formula is C9H14N4O2. The number of aromatic nitrogens is 2. The number of hydrogen-bond acceptors (Lipinski definition) is 5. The van der Waals surface area contributed by atoms with Crippen molar-refractivity contribution in [3.05, 3.63) is 5.69 Å². The zero-order valence-corrected chi connectivity index (χ0v) is 8.64. The van der Waals surface area contributed by atoms with Gasteiger partial charge in [-0.3, -0.25) is 4.79 Å². The molecule has 1 saturated heterocycles. The van der Waals surface area contributed by atoms with Crippen LogP contribution in [0.4, 0.5) is 5.82 Å². The number of rotatable bonds is 1. The molecule has 6 heteroatoms. The van der Waals surface area contributed by atoms with Gasteiger partial charge in [-0.1, -0.05) is 6.92 Å². The van der Waals surface area contributed by atoms with Gasteiger partial charge in [-0.15, -0.1) is 0 Å². The van der Waals surface area contributed by atoms with Gasteiger partial charge < -0.3 is 10.6 Å². The summed E-state index contributed by atoms with van der Waals surface area (Å²) in [6, 6.07) is 0. The van der Waals surface area contributed by atoms with Crippen LogP contribution in [0.2, 0.25) is 0 Å². The number of amides is 1. The third kappa shape index (κ3) is 1.93. The van der Waals surface area contributed by atoms with Crippen LogP contribution in [0.1, 0.15) is 30.3 Å². The Labute approximate surface area is 87.4 Å². The van der Waals surface area contributed by atoms with Gasteiger partial charge in [-0.05, 0) is 29.1 Å². The average Bonchev–Trinajstić information content (AvgIpc) is 2.65. The molecule has 6 nitrogen and oxygen atoms in total. The first kappa shape index (κ1) is 9.95. The normalized spacial score (nSPS) is 18.1. The molecule has 0 atom stereocenters. The number of carbonyl (C=O) groups excluding carboxylic acids is 1. The smallest absolute Gasteiger partial charge is 0.280 e. The lowest BCUT2D eigenvalue weighted by Crippen LogP contribution is -2.38. The van der Waals surface area contributed by atoms with E-state index in [9.17, 15) is 4.79 Å². The second-order valence-electron chi connectivity index (χ2n) is 3.97. The van der Waals surface area contributed by atoms with Crippen LogP contribution in [0.3, 0.4) is 0 Å². The summed E-state index contributed by atoms with van der Waals surface area (Å²) in [6.07, 6.45) is 2.05. The van der Waals surface area contributed by atoms with Crippen molar-refractivity contribution in [2.45, 2.75) is 19.8 Å². The Morgan fingerprint density at radius 3 is 2.67 bits per heavy atom. The molecule has 0 aromatic carbocycles. The molecule has 2 rings (SSSR count). The van der Waals surface area contributed by atoms with Crippen LogP contribution in [0.5, 0.6) is 0 Å². The lowest BCUT2D eigenvalue weighted by atomic mass is 9.99. The SMILES string of the molecule is CC1CCN(C(=O)c2nonc2N)CC1. The van der Waals surface area contributed by atoms with Gasteiger partial charge in [0.15, 0.2) is 0 Å². The molecule has 1 aliphatic heterocycles. The van der Waals surface area contributed by atoms with Crippen LogP contribution in [0.25, 0.3) is 0 Å². The van der Waals surface area contributed by atoms with Crippen LogP contribution in [0, 0.1) is 5.92 Å². The highest BCUT2D eigenvalue weighted by Gasteiger charge is 2.25. The number of anilines is 1. The average molecular weight is 210 g/mol. The van der Waals surface area contributed by atoms with E-state index in [4.69, 9.17) is 5.73 Å². The zero-order valence-electron chi connectivity index (χ0n) is 8.64. The predicted octanol–water partition coefficient (Wildman–Crippen LogP) is 0.524. The predicted molar refractivity (Wildman–Crippen MR) is 53.0 cm³/mol. The van der Waals surface area contributed by atoms with Gasteiger partial charge >= 0.3 is 0 Å². The Kier molecular flexibility index (Phi) is 2.57. The van der Waals surface area contributed by atoms with E-state index in [0.29, 0.717) is 5.92 Å². The topological polar surface area (TPSA) is 85.2 Å². The standard InChI is InChI=1S/C9H14N4O2/c1-6-2-4-13(5-3-6)9(14)7-8(10)12-15-11-7/h6H,2-5H2,1H3,(H2,10,12). The Bertz CT molecular complexity index is 355. The van der Waals surface area contributed by atoms with E-state index in [-0.39, 0.29) is 17.4 Å². The number of hydrogen-bond donors (Lipinski definition) is 1. The van der Waals surface area contributed by atoms with Gasteiger partial charge in [0.2, 0.25) is 11.5 Å². The maximum Gasteiger partial charge on any atom is 0.280 e. The van der Waals surface area contributed by atoms with Crippen LogP contribution >= 0.6 is 0 Å². The molecule has 1 fully saturated rings. The first-order chi connectivity index (χ1) is 7.18. The number of likely N-dealkylation sites (tertiary alicyclic amines) is 1. The highest BCUT2D eigenvalue weighted by Crippen LogP contribution is 2.18. The Hall–Kier alpha value is -1.59. The van der Waals surface area contributed by atoms with Gasteiger partial charge in [-0.25, -0.2) is 4.63 Å². The van der Waals surface area contributed by atoms with Crippen molar-refractivity contribution in [3.8, 4) is 0 Å². The summed E-state index contributed by atoms with van der Waals surface area (Å²) in [5.41, 5.74) is 5.59. The first-order valence-electron chi connectivity index (χ1n) is 5.06. The van der Waals surface area contributed by atoms with E-state index in [1.54, 1.807) is 4.90 Å². The molecule has 0 aliphatic carbocycles. The van der Waals surface area contributed by atoms with E-state index in [0.717, 1.165) is 25.9 Å². The second-order valence-corrected chi connectivity index (χ2v) is 3.97. The second kappa shape index (κ2) is 3.88. The Morgan fingerprint density at radius 1 is 1.47 bits per heavy atom. The molecule has 0 saturated carbocycles. The number of nitrogen functional groups attached to an aromatic ring is 1. The Morgan fingerprint density at radius 2 is 2.13 bits per heavy atom. The minimum atomic E-state index is -0.180. The summed E-state index contributed by atoms with van der Waals surface area (Å²) < 4.78 is 4.41. The highest BCUT2D eigenvalue weighted by molar-refractivity contribution is 5.96. The lowest BCUT2D eigenvalue weighted by molar-refractivity contribution is 0.0687. The summed E-state index contributed by atoms with van der Waals surface area (Å²) in [4.78, 5) is 13.6. The number of carbonyl (C=O) groups is 1. The van der Waals surface area contributed by atoms with E-state index in [2.05, 4.69) is 21.9 Å². The quantitative estimate of drug-likeness (QED) is 0.730. The minimum Gasteiger partial charge on any atom is -0.379 e. The van der Waals surface area contributed by atoms with Gasteiger partial charge in [0, 0.05) is 13.1 Å². The monoisotopic (exact) mass is 210 g/mol. The van der Waals surface area contributed by atoms with E-state index >= 15 is 0 Å². The summed E-state index contributed by atoms with van der Waals surface area (Å²) in [6.45, 7) is 3.70. The fourth-order valence-electron chi connectivity index (χ4n) is 1.71. The van der Waals surface area contributed by atoms with Crippen molar-refractivity contribution in [1.82, 2.24) is 15.2 Å². The molecule has 0 radical (unpaired) electrons. The molecular weight excluding hydrogens is 196 g/mol. The van der Waals surface area contributed by atoms with Crippen molar-refractivity contribution in [2.24, 2.45) is 5.92 Å². The molecule has 1 amide bonds. The van der Waals surface area contributed by atoms with Crippen molar-refractivity contribution >= 4 is 11.7 Å². The summed E-state index contributed by atoms with van der Waals surface area (Å²) in [5, 5.41) is 6.90. The van der Waals surface area contributed by atoms with E-state index in [1.165, 1.54) is 0 Å². The van der Waals surface area contributed by atoms with Crippen LogP contribution in [0.15, 0.2) is 4.63 Å². The molecule has 1 aromatic rings. The van der Waals surface area contributed by atoms with Gasteiger partial charge in [0.25, 0.3) is 5.91 Å². The maximum atomic E-state index is 11.9. The van der Waals surface area contributed by atoms with Crippen LogP contribution in [-0.4, -0.2) is 34.2 Å². The third-order valence-corrected chi connectivity index (χ3v) is 2.79. The fraction of sp³-hybridized carbons (Fsp3) is 0.667. The fourth-order valence-corrected chi connectivity index (χ4v) is 1.71. The Balaban J connectivity index is 2.06. The van der Waals surface area contributed by atoms with Gasteiger partial charge in [0.05, 0.1) is 0 Å². The molecule has 1 aliphatic rings. The lowest BCUT2D eigenvalue weighted by Gasteiger charge is -2.29. The maximum absolute atomic E-state index is 11.9. The van der Waals surface area contributed by atoms with Crippen LogP contribution < -0.4 is 5.73 Å². The highest BCUT2D eigenvalue weighted by atomic mass is 16.6. The number of piperidine rings is 1. The molecule has 0 spiro atoms. The van der Waals surface area contributed by atoms with Crippen molar-refractivity contribution in [2.75, 3.05) is 18.8 Å². The van der Waals surface area contributed by atoms with E-state index in [1.807, 2.05) is 0 Å². The minimum absolute atomic E-state index is 0.0682. The summed E-state index contributed by atoms with van der Waals surface area (Å²) >= 11 is 0. The largest absolute Gasteiger partial charge is 0.379 e. The molecule has 0 bridgehead atoms. The molecule has 2 N–H and O–H groups in total. The molecule has 2 heterocycles. The van der Waals surface area contributed by atoms with Crippen molar-refractivity contribution < 1.29 is 9.42 Å². The number of nitrogens with two attached hydrogens (primary N) is 1. The molecule has 15 heavy (non-hydrogen) atoms. The summed E-state index contributed by atoms with van der Waals surface area (Å²) in [7, 11) is 0. The third-order valence-electron chi connectivity index (χ3n) is 2.79. The molecule has 1 aromatic heterocycles. The summed E-state index contributed by atoms with van der Waals surface area (Å²) in [5.74, 6) is 0.570. The first-order valence-corrected chi connectivity index (χ1v) is 5.06. The van der Waals surface area contributed by atoms with Gasteiger partial charge in [0.1, 0.15) is 0 Å². The molecule has 82 valence electrons. The number of nitrogens with zero attached hydrogens (tertiary/aromatic N) is 3. The van der Waals surface area contributed by atoms with E-state index < -0.39 is 0 Å². The molecule has 0 unspecified atom stereocenters.